The lowest BCUT2D eigenvalue weighted by Crippen LogP contribution is -2.35. The molecule has 1 rings (SSSR count). The Labute approximate surface area is 111 Å². The van der Waals surface area contributed by atoms with Gasteiger partial charge in [0.15, 0.2) is 0 Å². The third-order valence-corrected chi connectivity index (χ3v) is 3.76. The maximum absolute atomic E-state index is 13.1. The van der Waals surface area contributed by atoms with Crippen molar-refractivity contribution in [3.8, 4) is 0 Å². The van der Waals surface area contributed by atoms with Crippen LogP contribution in [0.5, 0.6) is 0 Å². The van der Waals surface area contributed by atoms with Crippen molar-refractivity contribution in [2.45, 2.75) is 25.2 Å². The average molecular weight is 309 g/mol. The van der Waals surface area contributed by atoms with Gasteiger partial charge in [-0.15, -0.1) is 0 Å². The maximum atomic E-state index is 13.1. The smallest absolute Gasteiger partial charge is 0.389 e. The Hall–Kier alpha value is -0.490. The molecule has 18 heavy (non-hydrogen) atoms. The summed E-state index contributed by atoms with van der Waals surface area (Å²) in [5.74, 6) is -7.66. The number of rotatable bonds is 4. The quantitative estimate of drug-likeness (QED) is 0.631. The van der Waals surface area contributed by atoms with Gasteiger partial charge >= 0.3 is 17.3 Å². The fourth-order valence-electron chi connectivity index (χ4n) is 1.86. The molecular formula is C10H10Cl2F4O2. The molecule has 1 aliphatic carbocycles. The fourth-order valence-corrected chi connectivity index (χ4v) is 2.26. The molecule has 1 aliphatic rings. The number of aliphatic carboxylic acids is 1. The molecule has 0 aliphatic heterocycles. The van der Waals surface area contributed by atoms with Crippen molar-refractivity contribution in [1.82, 2.24) is 0 Å². The molecule has 104 valence electrons. The largest absolute Gasteiger partial charge is 0.481 e. The van der Waals surface area contributed by atoms with Crippen LogP contribution < -0.4 is 0 Å². The predicted octanol–water partition coefficient (Wildman–Crippen LogP) is 3.93. The second-order valence-corrected chi connectivity index (χ2v) is 5.63. The summed E-state index contributed by atoms with van der Waals surface area (Å²) in [7, 11) is 0. The zero-order chi connectivity index (χ0) is 14.5. The van der Waals surface area contributed by atoms with Gasteiger partial charge < -0.3 is 5.11 Å². The summed E-state index contributed by atoms with van der Waals surface area (Å²) in [6.45, 7) is 3.04. The molecule has 0 amide bonds. The molecule has 2 atom stereocenters. The van der Waals surface area contributed by atoms with Gasteiger partial charge in [-0.3, -0.25) is 4.79 Å². The Morgan fingerprint density at radius 3 is 2.06 bits per heavy atom. The lowest BCUT2D eigenvalue weighted by atomic mass is 10.1. The van der Waals surface area contributed by atoms with E-state index in [1.165, 1.54) is 13.8 Å². The number of carboxylic acids is 1. The highest BCUT2D eigenvalue weighted by atomic mass is 35.5. The first-order chi connectivity index (χ1) is 7.83. The highest BCUT2D eigenvalue weighted by Gasteiger charge is 2.63. The Bertz CT molecular complexity index is 401. The number of hydrogen-bond acceptors (Lipinski definition) is 1. The maximum Gasteiger partial charge on any atom is 0.389 e. The summed E-state index contributed by atoms with van der Waals surface area (Å²) in [5, 5.41) is 2.54. The van der Waals surface area contributed by atoms with E-state index in [0.717, 1.165) is 0 Å². The topological polar surface area (TPSA) is 37.3 Å². The van der Waals surface area contributed by atoms with Crippen LogP contribution in [0, 0.1) is 17.3 Å². The van der Waals surface area contributed by atoms with Gasteiger partial charge in [0.2, 0.25) is 0 Å². The van der Waals surface area contributed by atoms with Crippen LogP contribution in [0.4, 0.5) is 17.6 Å². The number of halogens is 6. The van der Waals surface area contributed by atoms with Crippen molar-refractivity contribution < 1.29 is 27.5 Å². The highest BCUT2D eigenvalue weighted by Crippen LogP contribution is 2.60. The van der Waals surface area contributed by atoms with Crippen molar-refractivity contribution in [2.24, 2.45) is 17.3 Å². The molecule has 0 spiro atoms. The Morgan fingerprint density at radius 2 is 1.78 bits per heavy atom. The standard InChI is InChI=1S/C10H10Cl2F4O2/c1-8(2)4(6(8)7(17)18)3-5(11)9(13,14)10(12,15)16/h3-4,6H,1-2H3,(H,17,18)/b5-3-/t4-,6+/m1/s1. The Morgan fingerprint density at radius 1 is 1.33 bits per heavy atom. The molecule has 8 heteroatoms. The SMILES string of the molecule is CC1(C)[C@H](/C=C(\Cl)C(F)(F)C(F)(F)Cl)[C@H]1C(=O)O. The van der Waals surface area contributed by atoms with E-state index in [9.17, 15) is 22.4 Å². The summed E-state index contributed by atoms with van der Waals surface area (Å²) in [6, 6.07) is 0. The van der Waals surface area contributed by atoms with Gasteiger partial charge in [0.05, 0.1) is 11.0 Å². The van der Waals surface area contributed by atoms with E-state index in [0.29, 0.717) is 6.08 Å². The average Bonchev–Trinajstić information content (AvgIpc) is 2.65. The third kappa shape index (κ3) is 2.45. The first kappa shape index (κ1) is 15.6. The summed E-state index contributed by atoms with van der Waals surface area (Å²) in [5.41, 5.74) is -0.802. The first-order valence-corrected chi connectivity index (χ1v) is 5.64. The highest BCUT2D eigenvalue weighted by molar-refractivity contribution is 6.32. The van der Waals surface area contributed by atoms with Crippen molar-refractivity contribution in [1.29, 1.82) is 0 Å². The van der Waals surface area contributed by atoms with E-state index in [1.54, 1.807) is 0 Å². The van der Waals surface area contributed by atoms with E-state index in [2.05, 4.69) is 11.6 Å². The zero-order valence-electron chi connectivity index (χ0n) is 9.36. The molecule has 0 unspecified atom stereocenters. The van der Waals surface area contributed by atoms with Crippen molar-refractivity contribution in [3.05, 3.63) is 11.1 Å². The number of carbonyl (C=O) groups is 1. The lowest BCUT2D eigenvalue weighted by Gasteiger charge is -2.20. The molecule has 1 N–H and O–H groups in total. The van der Waals surface area contributed by atoms with Crippen LogP contribution in [-0.4, -0.2) is 22.4 Å². The first-order valence-electron chi connectivity index (χ1n) is 4.88. The van der Waals surface area contributed by atoms with Gasteiger partial charge in [-0.25, -0.2) is 0 Å². The normalized spacial score (nSPS) is 28.1. The molecule has 0 heterocycles. The molecule has 0 aromatic heterocycles. The van der Waals surface area contributed by atoms with E-state index in [-0.39, 0.29) is 0 Å². The second kappa shape index (κ2) is 4.27. The fraction of sp³-hybridized carbons (Fsp3) is 0.700. The number of hydrogen-bond donors (Lipinski definition) is 1. The van der Waals surface area contributed by atoms with Crippen LogP contribution >= 0.6 is 23.2 Å². The van der Waals surface area contributed by atoms with Crippen LogP contribution in [0.2, 0.25) is 0 Å². The Kier molecular flexibility index (Phi) is 3.69. The van der Waals surface area contributed by atoms with Crippen molar-refractivity contribution in [2.75, 3.05) is 0 Å². The van der Waals surface area contributed by atoms with Gasteiger partial charge in [0.1, 0.15) is 0 Å². The molecule has 0 aromatic rings. The molecular weight excluding hydrogens is 299 g/mol. The summed E-state index contributed by atoms with van der Waals surface area (Å²) < 4.78 is 51.0. The number of carboxylic acid groups (broad SMARTS) is 1. The molecule has 0 bridgehead atoms. The van der Waals surface area contributed by atoms with E-state index in [1.807, 2.05) is 0 Å². The van der Waals surface area contributed by atoms with Crippen molar-refractivity contribution >= 4 is 29.2 Å². The second-order valence-electron chi connectivity index (χ2n) is 4.75. The monoisotopic (exact) mass is 308 g/mol. The summed E-state index contributed by atoms with van der Waals surface area (Å²) >= 11 is 9.41. The van der Waals surface area contributed by atoms with Gasteiger partial charge in [0.25, 0.3) is 0 Å². The molecule has 0 radical (unpaired) electrons. The summed E-state index contributed by atoms with van der Waals surface area (Å²) in [6.07, 6.45) is 0.649. The molecule has 1 fully saturated rings. The minimum absolute atomic E-state index is 0.649. The number of allylic oxidation sites excluding steroid dienone is 2. The lowest BCUT2D eigenvalue weighted by molar-refractivity contribution is -0.139. The third-order valence-electron chi connectivity index (χ3n) is 3.16. The van der Waals surface area contributed by atoms with Gasteiger partial charge in [-0.2, -0.15) is 17.6 Å². The molecule has 1 saturated carbocycles. The predicted molar refractivity (Wildman–Crippen MR) is 58.1 cm³/mol. The molecule has 2 nitrogen and oxygen atoms in total. The van der Waals surface area contributed by atoms with Crippen molar-refractivity contribution in [3.63, 3.8) is 0 Å². The van der Waals surface area contributed by atoms with Crippen LogP contribution in [-0.2, 0) is 4.79 Å². The Balaban J connectivity index is 2.97. The van der Waals surface area contributed by atoms with Gasteiger partial charge in [-0.1, -0.05) is 31.5 Å². The minimum Gasteiger partial charge on any atom is -0.481 e. The van der Waals surface area contributed by atoms with Crippen LogP contribution in [0.15, 0.2) is 11.1 Å². The van der Waals surface area contributed by atoms with Crippen LogP contribution in [0.1, 0.15) is 13.8 Å². The zero-order valence-corrected chi connectivity index (χ0v) is 10.9. The molecule has 0 saturated heterocycles. The summed E-state index contributed by atoms with van der Waals surface area (Å²) in [4.78, 5) is 10.8. The van der Waals surface area contributed by atoms with Crippen LogP contribution in [0.3, 0.4) is 0 Å². The van der Waals surface area contributed by atoms with Gasteiger partial charge in [-0.05, 0) is 22.9 Å². The van der Waals surface area contributed by atoms with Crippen LogP contribution in [0.25, 0.3) is 0 Å². The van der Waals surface area contributed by atoms with E-state index >= 15 is 0 Å². The minimum atomic E-state index is -4.82. The van der Waals surface area contributed by atoms with E-state index in [4.69, 9.17) is 16.7 Å². The number of alkyl halides is 5. The van der Waals surface area contributed by atoms with E-state index < -0.39 is 39.6 Å². The molecule has 0 aromatic carbocycles. The van der Waals surface area contributed by atoms with Gasteiger partial charge in [0, 0.05) is 0 Å².